The van der Waals surface area contributed by atoms with Gasteiger partial charge in [-0.1, -0.05) is 34.8 Å². The van der Waals surface area contributed by atoms with Gasteiger partial charge in [0.15, 0.2) is 0 Å². The molecule has 18 heavy (non-hydrogen) atoms. The van der Waals surface area contributed by atoms with Crippen molar-refractivity contribution in [1.82, 2.24) is 0 Å². The van der Waals surface area contributed by atoms with Crippen molar-refractivity contribution in [3.63, 3.8) is 0 Å². The number of benzene rings is 1. The molecule has 0 aliphatic carbocycles. The van der Waals surface area contributed by atoms with Crippen molar-refractivity contribution in [2.45, 2.75) is 6.54 Å². The highest BCUT2D eigenvalue weighted by Gasteiger charge is 2.10. The van der Waals surface area contributed by atoms with Gasteiger partial charge in [-0.3, -0.25) is 0 Å². The van der Waals surface area contributed by atoms with Crippen molar-refractivity contribution in [2.24, 2.45) is 0 Å². The molecule has 0 aliphatic heterocycles. The summed E-state index contributed by atoms with van der Waals surface area (Å²) in [6, 6.07) is 7.32. The first-order valence-corrected chi connectivity index (χ1v) is 7.12. The molecule has 0 spiro atoms. The first-order chi connectivity index (χ1) is 8.47. The third-order valence-electron chi connectivity index (χ3n) is 2.50. The SMILES string of the molecule is CN(Cc1ccc(Cl)s1)c1cc(Cl)c(Cl)cc1N. The van der Waals surface area contributed by atoms with Gasteiger partial charge in [-0.25, -0.2) is 0 Å². The molecular formula is C12H11Cl3N2S. The van der Waals surface area contributed by atoms with Crippen LogP contribution in [0.1, 0.15) is 4.88 Å². The summed E-state index contributed by atoms with van der Waals surface area (Å²) >= 11 is 19.4. The Balaban J connectivity index is 2.23. The van der Waals surface area contributed by atoms with Crippen molar-refractivity contribution in [1.29, 1.82) is 0 Å². The Bertz CT molecular complexity index is 568. The van der Waals surface area contributed by atoms with Gasteiger partial charge in [-0.2, -0.15) is 0 Å². The monoisotopic (exact) mass is 320 g/mol. The van der Waals surface area contributed by atoms with Crippen LogP contribution in [0, 0.1) is 0 Å². The summed E-state index contributed by atoms with van der Waals surface area (Å²) in [7, 11) is 1.95. The van der Waals surface area contributed by atoms with Gasteiger partial charge in [0, 0.05) is 11.9 Å². The number of rotatable bonds is 3. The lowest BCUT2D eigenvalue weighted by Gasteiger charge is -2.21. The fraction of sp³-hybridized carbons (Fsp3) is 0.167. The molecule has 1 aromatic carbocycles. The lowest BCUT2D eigenvalue weighted by molar-refractivity contribution is 0.942. The zero-order chi connectivity index (χ0) is 13.3. The van der Waals surface area contributed by atoms with Crippen LogP contribution < -0.4 is 10.6 Å². The molecule has 0 unspecified atom stereocenters. The second kappa shape index (κ2) is 5.57. The van der Waals surface area contributed by atoms with E-state index in [4.69, 9.17) is 40.5 Å². The minimum absolute atomic E-state index is 0.463. The van der Waals surface area contributed by atoms with E-state index in [-0.39, 0.29) is 0 Å². The van der Waals surface area contributed by atoms with Crippen molar-refractivity contribution < 1.29 is 0 Å². The molecule has 0 fully saturated rings. The Kier molecular flexibility index (Phi) is 4.28. The lowest BCUT2D eigenvalue weighted by Crippen LogP contribution is -2.17. The zero-order valence-electron chi connectivity index (χ0n) is 9.58. The van der Waals surface area contributed by atoms with E-state index in [1.165, 1.54) is 0 Å². The zero-order valence-corrected chi connectivity index (χ0v) is 12.7. The fourth-order valence-electron chi connectivity index (χ4n) is 1.64. The number of thiophene rings is 1. The third kappa shape index (κ3) is 3.04. The summed E-state index contributed by atoms with van der Waals surface area (Å²) in [5.41, 5.74) is 7.40. The maximum absolute atomic E-state index is 6.00. The molecule has 0 radical (unpaired) electrons. The molecule has 0 saturated heterocycles. The van der Waals surface area contributed by atoms with Gasteiger partial charge in [-0.15, -0.1) is 11.3 Å². The molecule has 1 heterocycles. The van der Waals surface area contributed by atoms with Gasteiger partial charge in [-0.05, 0) is 24.3 Å². The van der Waals surface area contributed by atoms with E-state index < -0.39 is 0 Å². The van der Waals surface area contributed by atoms with Crippen LogP contribution in [0.3, 0.4) is 0 Å². The van der Waals surface area contributed by atoms with Crippen molar-refractivity contribution >= 4 is 57.5 Å². The van der Waals surface area contributed by atoms with Crippen LogP contribution in [0.25, 0.3) is 0 Å². The average molecular weight is 322 g/mol. The number of nitrogens with two attached hydrogens (primary N) is 1. The second-order valence-electron chi connectivity index (χ2n) is 3.89. The van der Waals surface area contributed by atoms with Crippen LogP contribution in [0.4, 0.5) is 11.4 Å². The van der Waals surface area contributed by atoms with Gasteiger partial charge < -0.3 is 10.6 Å². The normalized spacial score (nSPS) is 10.7. The Hall–Kier alpha value is -0.610. The van der Waals surface area contributed by atoms with Gasteiger partial charge in [0.25, 0.3) is 0 Å². The molecule has 0 saturated carbocycles. The first kappa shape index (κ1) is 13.8. The summed E-state index contributed by atoms with van der Waals surface area (Å²) in [4.78, 5) is 3.17. The van der Waals surface area contributed by atoms with Crippen LogP contribution >= 0.6 is 46.1 Å². The average Bonchev–Trinajstić information content (AvgIpc) is 2.69. The van der Waals surface area contributed by atoms with E-state index in [2.05, 4.69) is 0 Å². The van der Waals surface area contributed by atoms with Gasteiger partial charge in [0.2, 0.25) is 0 Å². The number of nitrogens with zero attached hydrogens (tertiary/aromatic N) is 1. The van der Waals surface area contributed by atoms with Crippen LogP contribution in [0.2, 0.25) is 14.4 Å². The molecule has 2 aromatic rings. The molecule has 0 aliphatic rings. The summed E-state index contributed by atoms with van der Waals surface area (Å²) in [5.74, 6) is 0. The largest absolute Gasteiger partial charge is 0.397 e. The molecule has 2 N–H and O–H groups in total. The van der Waals surface area contributed by atoms with Crippen LogP contribution in [-0.4, -0.2) is 7.05 Å². The lowest BCUT2D eigenvalue weighted by atomic mass is 10.2. The van der Waals surface area contributed by atoms with Gasteiger partial charge in [0.05, 0.1) is 32.3 Å². The third-order valence-corrected chi connectivity index (χ3v) is 4.44. The van der Waals surface area contributed by atoms with E-state index in [1.54, 1.807) is 23.5 Å². The van der Waals surface area contributed by atoms with Crippen LogP contribution in [-0.2, 0) is 6.54 Å². The Labute approximate surface area is 125 Å². The summed E-state index contributed by atoms with van der Waals surface area (Å²) < 4.78 is 0.778. The predicted molar refractivity (Wildman–Crippen MR) is 82.3 cm³/mol. The van der Waals surface area contributed by atoms with Crippen LogP contribution in [0.5, 0.6) is 0 Å². The van der Waals surface area contributed by atoms with Crippen molar-refractivity contribution in [3.8, 4) is 0 Å². The van der Waals surface area contributed by atoms with Gasteiger partial charge >= 0.3 is 0 Å². The Morgan fingerprint density at radius 1 is 1.17 bits per heavy atom. The van der Waals surface area contributed by atoms with Crippen molar-refractivity contribution in [3.05, 3.63) is 43.5 Å². The van der Waals surface area contributed by atoms with E-state index in [9.17, 15) is 0 Å². The number of hydrogen-bond acceptors (Lipinski definition) is 3. The van der Waals surface area contributed by atoms with Crippen molar-refractivity contribution in [2.75, 3.05) is 17.7 Å². The molecule has 0 bridgehead atoms. The summed E-state index contributed by atoms with van der Waals surface area (Å²) in [6.45, 7) is 0.722. The topological polar surface area (TPSA) is 29.3 Å². The van der Waals surface area contributed by atoms with E-state index in [0.29, 0.717) is 15.7 Å². The Morgan fingerprint density at radius 2 is 1.83 bits per heavy atom. The maximum atomic E-state index is 6.00. The number of anilines is 2. The number of halogens is 3. The maximum Gasteiger partial charge on any atom is 0.0931 e. The van der Waals surface area contributed by atoms with E-state index in [0.717, 1.165) is 21.4 Å². The molecule has 0 amide bonds. The molecule has 0 atom stereocenters. The van der Waals surface area contributed by atoms with Crippen LogP contribution in [0.15, 0.2) is 24.3 Å². The molecule has 6 heteroatoms. The molecule has 1 aromatic heterocycles. The molecule has 96 valence electrons. The number of nitrogen functional groups attached to an aromatic ring is 1. The quantitative estimate of drug-likeness (QED) is 0.812. The summed E-state index contributed by atoms with van der Waals surface area (Å²) in [6.07, 6.45) is 0. The standard InChI is InChI=1S/C12H11Cl3N2S/c1-17(6-7-2-3-12(15)18-7)11-5-9(14)8(13)4-10(11)16/h2-5H,6,16H2,1H3. The molecule has 2 rings (SSSR count). The highest BCUT2D eigenvalue weighted by Crippen LogP contribution is 2.33. The predicted octanol–water partition coefficient (Wildman–Crippen LogP) is 4.93. The minimum Gasteiger partial charge on any atom is -0.397 e. The first-order valence-electron chi connectivity index (χ1n) is 5.17. The van der Waals surface area contributed by atoms with E-state index in [1.807, 2.05) is 24.1 Å². The Morgan fingerprint density at radius 3 is 2.44 bits per heavy atom. The minimum atomic E-state index is 0.463. The molecular weight excluding hydrogens is 311 g/mol. The van der Waals surface area contributed by atoms with E-state index >= 15 is 0 Å². The number of hydrogen-bond donors (Lipinski definition) is 1. The second-order valence-corrected chi connectivity index (χ2v) is 6.50. The summed E-state index contributed by atoms with van der Waals surface area (Å²) in [5, 5.41) is 0.961. The van der Waals surface area contributed by atoms with Gasteiger partial charge in [0.1, 0.15) is 0 Å². The molecule has 2 nitrogen and oxygen atoms in total. The highest BCUT2D eigenvalue weighted by molar-refractivity contribution is 7.16. The smallest absolute Gasteiger partial charge is 0.0931 e. The highest BCUT2D eigenvalue weighted by atomic mass is 35.5. The fourth-order valence-corrected chi connectivity index (χ4v) is 3.11.